The molecule has 0 spiro atoms. The number of fused-ring (bicyclic) bond motifs is 1. The third kappa shape index (κ3) is 4.54. The quantitative estimate of drug-likeness (QED) is 0.525. The molecule has 2 aliphatic rings. The smallest absolute Gasteiger partial charge is 0.393 e. The highest BCUT2D eigenvalue weighted by Gasteiger charge is 2.39. The van der Waals surface area contributed by atoms with Crippen LogP contribution < -0.4 is 16.8 Å². The van der Waals surface area contributed by atoms with E-state index in [-0.39, 0.29) is 29.9 Å². The van der Waals surface area contributed by atoms with Gasteiger partial charge in [-0.3, -0.25) is 24.1 Å². The number of primary amides is 1. The highest BCUT2D eigenvalue weighted by molar-refractivity contribution is 6.46. The normalized spacial score (nSPS) is 17.6. The molecule has 5 N–H and O–H groups in total. The molecule has 1 aromatic heterocycles. The molecular weight excluding hydrogens is 419 g/mol. The minimum atomic E-state index is -4.64. The number of nitrogens with one attached hydrogen (secondary N) is 1. The highest BCUT2D eigenvalue weighted by Crippen LogP contribution is 2.35. The second-order valence-corrected chi connectivity index (χ2v) is 7.29. The molecular formula is C18H22F3N7O3. The Bertz CT molecular complexity index is 994. The lowest BCUT2D eigenvalue weighted by Gasteiger charge is -2.24. The molecule has 0 saturated carbocycles. The van der Waals surface area contributed by atoms with Gasteiger partial charge in [-0.05, 0) is 25.7 Å². The average molecular weight is 441 g/mol. The summed E-state index contributed by atoms with van der Waals surface area (Å²) in [5.74, 6) is -2.50. The first-order chi connectivity index (χ1) is 14.5. The summed E-state index contributed by atoms with van der Waals surface area (Å²) < 4.78 is 41.0. The largest absolute Gasteiger partial charge is 0.435 e. The number of amides is 3. The molecule has 0 bridgehead atoms. The van der Waals surface area contributed by atoms with Crippen molar-refractivity contribution in [3.8, 4) is 0 Å². The van der Waals surface area contributed by atoms with Gasteiger partial charge in [0, 0.05) is 24.8 Å². The van der Waals surface area contributed by atoms with Gasteiger partial charge >= 0.3 is 6.18 Å². The van der Waals surface area contributed by atoms with Crippen LogP contribution in [0.4, 0.5) is 13.2 Å². The van der Waals surface area contributed by atoms with E-state index in [4.69, 9.17) is 11.5 Å². The standard InChI is InChI=1S/C18H22F3N7O3/c1-27-7-6-24-14(17(27)31)13(12(22)16(23)30)25-11(29)8-28-10-5-3-2-4-9(10)15(26-28)18(19,20)21/h2-8,22H2,1H3,(H2,23,30)(H,25,29). The van der Waals surface area contributed by atoms with Crippen LogP contribution in [0.25, 0.3) is 0 Å². The van der Waals surface area contributed by atoms with Crippen LogP contribution in [0.5, 0.6) is 0 Å². The second-order valence-electron chi connectivity index (χ2n) is 7.29. The van der Waals surface area contributed by atoms with E-state index < -0.39 is 41.8 Å². The lowest BCUT2D eigenvalue weighted by atomic mass is 9.95. The minimum absolute atomic E-state index is 0.0902. The number of likely N-dealkylation sites (N-methyl/N-ethyl adjacent to an activating group) is 1. The van der Waals surface area contributed by atoms with E-state index in [1.165, 1.54) is 11.9 Å². The maximum atomic E-state index is 13.3. The number of halogens is 3. The molecule has 31 heavy (non-hydrogen) atoms. The van der Waals surface area contributed by atoms with Gasteiger partial charge in [0.1, 0.15) is 23.7 Å². The molecule has 3 amide bonds. The summed E-state index contributed by atoms with van der Waals surface area (Å²) >= 11 is 0. The predicted octanol–water partition coefficient (Wildman–Crippen LogP) is -0.534. The number of hydrogen-bond donors (Lipinski definition) is 3. The summed E-state index contributed by atoms with van der Waals surface area (Å²) in [6.45, 7) is -0.0183. The van der Waals surface area contributed by atoms with Gasteiger partial charge in [0.05, 0.1) is 6.54 Å². The first-order valence-electron chi connectivity index (χ1n) is 9.56. The Morgan fingerprint density at radius 1 is 1.19 bits per heavy atom. The van der Waals surface area contributed by atoms with Gasteiger partial charge < -0.3 is 21.7 Å². The molecule has 13 heteroatoms. The highest BCUT2D eigenvalue weighted by atomic mass is 19.4. The summed E-state index contributed by atoms with van der Waals surface area (Å²) in [4.78, 5) is 42.0. The van der Waals surface area contributed by atoms with Crippen LogP contribution in [0.1, 0.15) is 29.8 Å². The van der Waals surface area contributed by atoms with Crippen LogP contribution in [0.2, 0.25) is 0 Å². The van der Waals surface area contributed by atoms with Crippen LogP contribution in [-0.2, 0) is 39.9 Å². The number of hydrogen-bond acceptors (Lipinski definition) is 6. The van der Waals surface area contributed by atoms with Gasteiger partial charge in [0.25, 0.3) is 11.8 Å². The van der Waals surface area contributed by atoms with E-state index >= 15 is 0 Å². The van der Waals surface area contributed by atoms with E-state index in [0.717, 1.165) is 4.68 Å². The second kappa shape index (κ2) is 8.40. The SMILES string of the molecule is CN1CCN=C(C(NC(=O)Cn2nc(C(F)(F)F)c3c2CCCC3)=C(N)C(N)=O)C1=O. The summed E-state index contributed by atoms with van der Waals surface area (Å²) in [5, 5.41) is 5.93. The summed E-state index contributed by atoms with van der Waals surface area (Å²) in [6.07, 6.45) is -2.78. The molecule has 1 aliphatic heterocycles. The van der Waals surface area contributed by atoms with E-state index in [1.807, 2.05) is 0 Å². The number of nitrogens with two attached hydrogens (primary N) is 2. The van der Waals surface area contributed by atoms with Crippen molar-refractivity contribution < 1.29 is 27.6 Å². The fourth-order valence-corrected chi connectivity index (χ4v) is 3.57. The minimum Gasteiger partial charge on any atom is -0.393 e. The van der Waals surface area contributed by atoms with E-state index in [9.17, 15) is 27.6 Å². The monoisotopic (exact) mass is 441 g/mol. The number of carbonyl (C=O) groups excluding carboxylic acids is 3. The van der Waals surface area contributed by atoms with E-state index in [0.29, 0.717) is 31.5 Å². The fourth-order valence-electron chi connectivity index (χ4n) is 3.57. The van der Waals surface area contributed by atoms with Crippen LogP contribution in [0.15, 0.2) is 16.4 Å². The number of rotatable bonds is 5. The van der Waals surface area contributed by atoms with Gasteiger partial charge in [-0.15, -0.1) is 0 Å². The molecule has 0 radical (unpaired) electrons. The van der Waals surface area contributed by atoms with Crippen molar-refractivity contribution in [3.63, 3.8) is 0 Å². The van der Waals surface area contributed by atoms with Gasteiger partial charge in [-0.25, -0.2) is 0 Å². The fraction of sp³-hybridized carbons (Fsp3) is 0.500. The predicted molar refractivity (Wildman–Crippen MR) is 102 cm³/mol. The third-order valence-corrected chi connectivity index (χ3v) is 5.11. The summed E-state index contributed by atoms with van der Waals surface area (Å²) in [6, 6.07) is 0. The van der Waals surface area contributed by atoms with E-state index in [2.05, 4.69) is 15.4 Å². The number of alkyl halides is 3. The molecule has 1 aliphatic carbocycles. The van der Waals surface area contributed by atoms with Crippen molar-refractivity contribution in [1.82, 2.24) is 20.0 Å². The van der Waals surface area contributed by atoms with Crippen molar-refractivity contribution in [3.05, 3.63) is 28.3 Å². The lowest BCUT2D eigenvalue weighted by Crippen LogP contribution is -2.45. The van der Waals surface area contributed by atoms with Crippen molar-refractivity contribution in [2.75, 3.05) is 20.1 Å². The van der Waals surface area contributed by atoms with Gasteiger partial charge in [0.2, 0.25) is 5.91 Å². The molecule has 0 unspecified atom stereocenters. The summed E-state index contributed by atoms with van der Waals surface area (Å²) in [7, 11) is 1.51. The van der Waals surface area contributed by atoms with Crippen LogP contribution in [0, 0.1) is 0 Å². The summed E-state index contributed by atoms with van der Waals surface area (Å²) in [5.41, 5.74) is 9.10. The van der Waals surface area contributed by atoms with Gasteiger partial charge in [0.15, 0.2) is 5.69 Å². The van der Waals surface area contributed by atoms with Crippen LogP contribution in [0.3, 0.4) is 0 Å². The Morgan fingerprint density at radius 2 is 1.87 bits per heavy atom. The molecule has 2 heterocycles. The van der Waals surface area contributed by atoms with Crippen molar-refractivity contribution >= 4 is 23.4 Å². The third-order valence-electron chi connectivity index (χ3n) is 5.11. The first-order valence-corrected chi connectivity index (χ1v) is 9.56. The van der Waals surface area contributed by atoms with Crippen LogP contribution >= 0.6 is 0 Å². The van der Waals surface area contributed by atoms with Gasteiger partial charge in [-0.2, -0.15) is 18.3 Å². The number of aliphatic imine (C=N–C) groups is 1. The molecule has 0 fully saturated rings. The zero-order valence-electron chi connectivity index (χ0n) is 16.8. The van der Waals surface area contributed by atoms with Crippen molar-refractivity contribution in [1.29, 1.82) is 0 Å². The molecule has 10 nitrogen and oxygen atoms in total. The topological polar surface area (TPSA) is 149 Å². The van der Waals surface area contributed by atoms with Crippen molar-refractivity contribution in [2.45, 2.75) is 38.4 Å². The maximum Gasteiger partial charge on any atom is 0.435 e. The number of carbonyl (C=O) groups is 3. The molecule has 0 aromatic carbocycles. The number of aromatic nitrogens is 2. The molecule has 0 saturated heterocycles. The molecule has 0 atom stereocenters. The molecule has 1 aromatic rings. The van der Waals surface area contributed by atoms with Crippen molar-refractivity contribution in [2.24, 2.45) is 16.5 Å². The molecule has 3 rings (SSSR count). The van der Waals surface area contributed by atoms with Gasteiger partial charge in [-0.1, -0.05) is 0 Å². The average Bonchev–Trinajstić information content (AvgIpc) is 3.07. The Kier molecular flexibility index (Phi) is 6.04. The van der Waals surface area contributed by atoms with Crippen LogP contribution in [-0.4, -0.2) is 58.3 Å². The maximum absolute atomic E-state index is 13.3. The number of nitrogens with zero attached hydrogens (tertiary/aromatic N) is 4. The Labute approximate surface area is 175 Å². The Morgan fingerprint density at radius 3 is 2.52 bits per heavy atom. The van der Waals surface area contributed by atoms with E-state index in [1.54, 1.807) is 0 Å². The Balaban J connectivity index is 1.90. The first kappa shape index (κ1) is 22.3. The zero-order chi connectivity index (χ0) is 22.9. The molecule has 168 valence electrons. The lowest BCUT2D eigenvalue weighted by molar-refractivity contribution is -0.142. The zero-order valence-corrected chi connectivity index (χ0v) is 16.8. The Hall–Kier alpha value is -3.38.